The van der Waals surface area contributed by atoms with E-state index in [0.29, 0.717) is 0 Å². The van der Waals surface area contributed by atoms with E-state index in [1.165, 1.54) is 0 Å². The summed E-state index contributed by atoms with van der Waals surface area (Å²) in [6.45, 7) is 1.90. The molecule has 0 saturated heterocycles. The topological polar surface area (TPSA) is 69.6 Å². The Morgan fingerprint density at radius 2 is 2.27 bits per heavy atom. The highest BCUT2D eigenvalue weighted by molar-refractivity contribution is 9.10. The Balaban J connectivity index is 2.65. The van der Waals surface area contributed by atoms with Crippen molar-refractivity contribution < 1.29 is 15.0 Å². The molecule has 1 atom stereocenters. The minimum absolute atomic E-state index is 0.00731. The Bertz CT molecular complexity index is 368. The average Bonchev–Trinajstić information content (AvgIpc) is 2.18. The monoisotopic (exact) mass is 273 g/mol. The van der Waals surface area contributed by atoms with Crippen molar-refractivity contribution >= 4 is 27.6 Å². The molecule has 1 aromatic carbocycles. The van der Waals surface area contributed by atoms with Gasteiger partial charge in [0.2, 0.25) is 0 Å². The molecular weight excluding hydrogens is 262 g/mol. The number of carboxylic acids is 1. The first-order chi connectivity index (χ1) is 7.00. The lowest BCUT2D eigenvalue weighted by atomic mass is 10.2. The van der Waals surface area contributed by atoms with Crippen molar-refractivity contribution in [2.45, 2.75) is 13.0 Å². The van der Waals surface area contributed by atoms with Gasteiger partial charge in [0.1, 0.15) is 0 Å². The molecule has 1 unspecified atom stereocenters. The predicted octanol–water partition coefficient (Wildman–Crippen LogP) is 1.61. The molecule has 15 heavy (non-hydrogen) atoms. The number of aliphatic hydroxyl groups is 1. The van der Waals surface area contributed by atoms with E-state index in [2.05, 4.69) is 21.2 Å². The van der Waals surface area contributed by atoms with Crippen LogP contribution < -0.4 is 5.32 Å². The van der Waals surface area contributed by atoms with Crippen molar-refractivity contribution in [1.82, 2.24) is 0 Å². The maximum atomic E-state index is 10.4. The first kappa shape index (κ1) is 12.0. The first-order valence-corrected chi connectivity index (χ1v) is 5.21. The van der Waals surface area contributed by atoms with Gasteiger partial charge in [-0.15, -0.1) is 0 Å². The fourth-order valence-corrected chi connectivity index (χ4v) is 1.44. The number of carbonyl (C=O) groups is 1. The lowest BCUT2D eigenvalue weighted by molar-refractivity contribution is -0.145. The second-order valence-corrected chi connectivity index (χ2v) is 4.11. The van der Waals surface area contributed by atoms with Gasteiger partial charge in [-0.05, 0) is 24.6 Å². The Morgan fingerprint density at radius 1 is 1.60 bits per heavy atom. The number of benzene rings is 1. The van der Waals surface area contributed by atoms with E-state index in [-0.39, 0.29) is 6.54 Å². The number of aliphatic hydroxyl groups excluding tert-OH is 1. The number of rotatable bonds is 4. The molecule has 3 N–H and O–H groups in total. The average molecular weight is 274 g/mol. The van der Waals surface area contributed by atoms with Gasteiger partial charge < -0.3 is 15.5 Å². The van der Waals surface area contributed by atoms with Crippen LogP contribution >= 0.6 is 15.9 Å². The fourth-order valence-electron chi connectivity index (χ4n) is 1.08. The standard InChI is InChI=1S/C10H12BrNO3/c1-6-2-3-7(11)4-8(6)12-5-9(13)10(14)15/h2-4,9,12-13H,5H2,1H3,(H,14,15). The largest absolute Gasteiger partial charge is 0.479 e. The van der Waals surface area contributed by atoms with E-state index in [0.717, 1.165) is 15.7 Å². The zero-order chi connectivity index (χ0) is 11.4. The van der Waals surface area contributed by atoms with E-state index in [1.54, 1.807) is 0 Å². The third kappa shape index (κ3) is 3.53. The molecule has 0 amide bonds. The summed E-state index contributed by atoms with van der Waals surface area (Å²) in [6.07, 6.45) is -1.39. The Labute approximate surface area is 96.1 Å². The Morgan fingerprint density at radius 3 is 2.87 bits per heavy atom. The van der Waals surface area contributed by atoms with Gasteiger partial charge in [0.05, 0.1) is 6.54 Å². The number of aliphatic carboxylic acids is 1. The van der Waals surface area contributed by atoms with Gasteiger partial charge in [-0.1, -0.05) is 22.0 Å². The van der Waals surface area contributed by atoms with Crippen LogP contribution in [0.5, 0.6) is 0 Å². The van der Waals surface area contributed by atoms with Crippen molar-refractivity contribution in [3.8, 4) is 0 Å². The van der Waals surface area contributed by atoms with Crippen LogP contribution in [0.3, 0.4) is 0 Å². The molecule has 0 aliphatic rings. The molecule has 0 saturated carbocycles. The molecule has 5 heteroatoms. The number of nitrogens with one attached hydrogen (secondary N) is 1. The van der Waals surface area contributed by atoms with Gasteiger partial charge in [0.25, 0.3) is 0 Å². The first-order valence-electron chi connectivity index (χ1n) is 4.41. The Hall–Kier alpha value is -1.07. The number of carboxylic acid groups (broad SMARTS) is 1. The molecule has 0 radical (unpaired) electrons. The van der Waals surface area contributed by atoms with Crippen LogP contribution in [0.15, 0.2) is 22.7 Å². The van der Waals surface area contributed by atoms with Crippen LogP contribution in [0.4, 0.5) is 5.69 Å². The SMILES string of the molecule is Cc1ccc(Br)cc1NCC(O)C(=O)O. The fraction of sp³-hybridized carbons (Fsp3) is 0.300. The molecule has 0 fully saturated rings. The summed E-state index contributed by atoms with van der Waals surface area (Å²) < 4.78 is 0.903. The lowest BCUT2D eigenvalue weighted by Crippen LogP contribution is -2.28. The number of hydrogen-bond acceptors (Lipinski definition) is 3. The van der Waals surface area contributed by atoms with Gasteiger partial charge in [0, 0.05) is 10.2 Å². The minimum Gasteiger partial charge on any atom is -0.479 e. The Kier molecular flexibility index (Phi) is 4.11. The molecular formula is C10H12BrNO3. The van der Waals surface area contributed by atoms with Crippen LogP contribution in [0.2, 0.25) is 0 Å². The third-order valence-corrected chi connectivity index (χ3v) is 2.46. The normalized spacial score (nSPS) is 12.2. The second kappa shape index (κ2) is 5.14. The molecule has 0 bridgehead atoms. The lowest BCUT2D eigenvalue weighted by Gasteiger charge is -2.11. The maximum absolute atomic E-state index is 10.4. The van der Waals surface area contributed by atoms with Crippen LogP contribution in [-0.2, 0) is 4.79 Å². The molecule has 1 rings (SSSR count). The molecule has 0 aliphatic carbocycles. The van der Waals surface area contributed by atoms with Crippen LogP contribution in [-0.4, -0.2) is 28.8 Å². The zero-order valence-corrected chi connectivity index (χ0v) is 9.78. The third-order valence-electron chi connectivity index (χ3n) is 1.97. The predicted molar refractivity (Wildman–Crippen MR) is 61.0 cm³/mol. The summed E-state index contributed by atoms with van der Waals surface area (Å²) in [5.41, 5.74) is 1.81. The number of anilines is 1. The molecule has 0 aliphatic heterocycles. The smallest absolute Gasteiger partial charge is 0.334 e. The molecule has 0 aromatic heterocycles. The summed E-state index contributed by atoms with van der Waals surface area (Å²) in [6, 6.07) is 5.64. The van der Waals surface area contributed by atoms with Gasteiger partial charge in [0.15, 0.2) is 6.10 Å². The highest BCUT2D eigenvalue weighted by Gasteiger charge is 2.12. The summed E-state index contributed by atoms with van der Waals surface area (Å²) in [7, 11) is 0. The molecule has 4 nitrogen and oxygen atoms in total. The number of halogens is 1. The van der Waals surface area contributed by atoms with E-state index >= 15 is 0 Å². The number of hydrogen-bond donors (Lipinski definition) is 3. The highest BCUT2D eigenvalue weighted by atomic mass is 79.9. The van der Waals surface area contributed by atoms with Crippen LogP contribution in [0, 0.1) is 6.92 Å². The van der Waals surface area contributed by atoms with E-state index in [1.807, 2.05) is 25.1 Å². The molecule has 0 spiro atoms. The maximum Gasteiger partial charge on any atom is 0.334 e. The van der Waals surface area contributed by atoms with Crippen molar-refractivity contribution in [3.63, 3.8) is 0 Å². The minimum atomic E-state index is -1.39. The van der Waals surface area contributed by atoms with Crippen molar-refractivity contribution in [3.05, 3.63) is 28.2 Å². The van der Waals surface area contributed by atoms with Crippen molar-refractivity contribution in [2.24, 2.45) is 0 Å². The summed E-state index contributed by atoms with van der Waals surface area (Å²) >= 11 is 3.31. The summed E-state index contributed by atoms with van der Waals surface area (Å²) in [4.78, 5) is 10.4. The van der Waals surface area contributed by atoms with Gasteiger partial charge in [-0.3, -0.25) is 0 Å². The van der Waals surface area contributed by atoms with Gasteiger partial charge >= 0.3 is 5.97 Å². The van der Waals surface area contributed by atoms with Crippen LogP contribution in [0.1, 0.15) is 5.56 Å². The van der Waals surface area contributed by atoms with Gasteiger partial charge in [-0.25, -0.2) is 4.79 Å². The van der Waals surface area contributed by atoms with E-state index in [4.69, 9.17) is 10.2 Å². The van der Waals surface area contributed by atoms with Crippen molar-refractivity contribution in [2.75, 3.05) is 11.9 Å². The number of aryl methyl sites for hydroxylation is 1. The zero-order valence-electron chi connectivity index (χ0n) is 8.20. The molecule has 82 valence electrons. The quantitative estimate of drug-likeness (QED) is 0.780. The van der Waals surface area contributed by atoms with E-state index < -0.39 is 12.1 Å². The summed E-state index contributed by atoms with van der Waals surface area (Å²) in [5.74, 6) is -1.23. The van der Waals surface area contributed by atoms with Gasteiger partial charge in [-0.2, -0.15) is 0 Å². The summed E-state index contributed by atoms with van der Waals surface area (Å²) in [5, 5.41) is 20.4. The van der Waals surface area contributed by atoms with Crippen LogP contribution in [0.25, 0.3) is 0 Å². The second-order valence-electron chi connectivity index (χ2n) is 3.19. The molecule has 0 heterocycles. The molecule has 1 aromatic rings. The van der Waals surface area contributed by atoms with E-state index in [9.17, 15) is 4.79 Å². The highest BCUT2D eigenvalue weighted by Crippen LogP contribution is 2.20. The van der Waals surface area contributed by atoms with Crippen molar-refractivity contribution in [1.29, 1.82) is 0 Å².